The van der Waals surface area contributed by atoms with Gasteiger partial charge in [0.05, 0.1) is 21.9 Å². The molecule has 5 nitrogen and oxygen atoms in total. The standard InChI is InChI=1S/C26H25Cl2N3O2S/c1-4-19-15-24(26(28)25(27)18(19)3)34(32,33)31(21-11-7-6-8-12-21)16-20(5-2)30-17-29-22-13-9-10-14-23(22)30/h6-17H,4-5H2,1-3H3/p+1. The summed E-state index contributed by atoms with van der Waals surface area (Å²) in [6.45, 7) is 5.79. The van der Waals surface area contributed by atoms with Gasteiger partial charge >= 0.3 is 0 Å². The molecule has 0 bridgehead atoms. The van der Waals surface area contributed by atoms with Crippen LogP contribution < -0.4 is 8.87 Å². The number of nitrogens with one attached hydrogen (secondary N) is 1. The Hall–Kier alpha value is -2.80. The number of para-hydroxylation sites is 3. The van der Waals surface area contributed by atoms with Gasteiger partial charge in [-0.1, -0.05) is 67.4 Å². The molecule has 0 radical (unpaired) electrons. The molecule has 0 unspecified atom stereocenters. The van der Waals surface area contributed by atoms with Gasteiger partial charge < -0.3 is 0 Å². The maximum absolute atomic E-state index is 14.1. The Labute approximate surface area is 210 Å². The summed E-state index contributed by atoms with van der Waals surface area (Å²) in [6.07, 6.45) is 4.72. The van der Waals surface area contributed by atoms with E-state index in [4.69, 9.17) is 23.2 Å². The van der Waals surface area contributed by atoms with Crippen LogP contribution in [0.3, 0.4) is 0 Å². The van der Waals surface area contributed by atoms with Crippen molar-refractivity contribution in [3.63, 3.8) is 0 Å². The molecule has 0 aliphatic rings. The summed E-state index contributed by atoms with van der Waals surface area (Å²) < 4.78 is 31.4. The molecule has 0 spiro atoms. The smallest absolute Gasteiger partial charge is 0.243 e. The number of sulfonamides is 1. The monoisotopic (exact) mass is 514 g/mol. The third kappa shape index (κ3) is 4.33. The van der Waals surface area contributed by atoms with Crippen molar-refractivity contribution in [3.8, 4) is 0 Å². The quantitative estimate of drug-likeness (QED) is 0.277. The summed E-state index contributed by atoms with van der Waals surface area (Å²) >= 11 is 13.0. The van der Waals surface area contributed by atoms with Crippen LogP contribution in [0.2, 0.25) is 10.0 Å². The number of rotatable bonds is 7. The minimum absolute atomic E-state index is 0.0129. The molecule has 0 atom stereocenters. The van der Waals surface area contributed by atoms with Crippen molar-refractivity contribution in [1.29, 1.82) is 0 Å². The number of aryl methyl sites for hydroxylation is 1. The Bertz CT molecular complexity index is 1480. The molecule has 34 heavy (non-hydrogen) atoms. The zero-order chi connectivity index (χ0) is 24.5. The number of fused-ring (bicyclic) bond motifs is 1. The SMILES string of the molecule is CCC(=CN(c1ccccc1)S(=O)(=O)c1cc(CC)c(C)c(Cl)c1Cl)[n+]1c[nH]c2ccccc21. The Morgan fingerprint density at radius 3 is 2.38 bits per heavy atom. The van der Waals surface area contributed by atoms with Gasteiger partial charge in [0, 0.05) is 6.42 Å². The predicted octanol–water partition coefficient (Wildman–Crippen LogP) is 6.74. The number of hydrogen-bond donors (Lipinski definition) is 1. The van der Waals surface area contributed by atoms with Crippen LogP contribution in [0.15, 0.2) is 78.1 Å². The van der Waals surface area contributed by atoms with Crippen LogP contribution in [0.4, 0.5) is 5.69 Å². The Morgan fingerprint density at radius 2 is 1.71 bits per heavy atom. The third-order valence-electron chi connectivity index (χ3n) is 5.90. The van der Waals surface area contributed by atoms with Crippen molar-refractivity contribution in [1.82, 2.24) is 4.98 Å². The summed E-state index contributed by atoms with van der Waals surface area (Å²) in [5.41, 5.74) is 4.82. The summed E-state index contributed by atoms with van der Waals surface area (Å²) in [7, 11) is -4.09. The van der Waals surface area contributed by atoms with Crippen molar-refractivity contribution in [3.05, 3.63) is 94.4 Å². The lowest BCUT2D eigenvalue weighted by molar-refractivity contribution is -0.554. The summed E-state index contributed by atoms with van der Waals surface area (Å²) in [6, 6.07) is 18.5. The average Bonchev–Trinajstić information content (AvgIpc) is 3.28. The molecule has 0 aliphatic carbocycles. The number of allylic oxidation sites excluding steroid dienone is 1. The Balaban J connectivity index is 1.95. The summed E-state index contributed by atoms with van der Waals surface area (Å²) in [4.78, 5) is 3.23. The Morgan fingerprint density at radius 1 is 1.03 bits per heavy atom. The predicted molar refractivity (Wildman–Crippen MR) is 140 cm³/mol. The third-order valence-corrected chi connectivity index (χ3v) is 8.69. The Kier molecular flexibility index (Phi) is 7.03. The van der Waals surface area contributed by atoms with E-state index in [1.807, 2.05) is 62.0 Å². The second kappa shape index (κ2) is 9.82. The molecule has 0 saturated carbocycles. The second-order valence-corrected chi connectivity index (χ2v) is 10.5. The summed E-state index contributed by atoms with van der Waals surface area (Å²) in [5.74, 6) is 0. The zero-order valence-electron chi connectivity index (χ0n) is 19.2. The molecule has 0 aliphatic heterocycles. The number of H-pyrrole nitrogens is 1. The number of halogens is 2. The number of imidazole rings is 1. The van der Waals surface area contributed by atoms with Crippen LogP contribution in [-0.2, 0) is 16.4 Å². The molecule has 0 fully saturated rings. The van der Waals surface area contributed by atoms with E-state index in [0.717, 1.165) is 27.9 Å². The van der Waals surface area contributed by atoms with E-state index >= 15 is 0 Å². The van der Waals surface area contributed by atoms with Crippen LogP contribution in [0.1, 0.15) is 31.4 Å². The fraction of sp³-hybridized carbons (Fsp3) is 0.192. The number of aromatic nitrogens is 2. The van der Waals surface area contributed by atoms with Gasteiger partial charge in [-0.15, -0.1) is 0 Å². The minimum atomic E-state index is -4.09. The fourth-order valence-corrected chi connectivity index (χ4v) is 6.23. The van der Waals surface area contributed by atoms with Crippen LogP contribution in [-0.4, -0.2) is 13.4 Å². The van der Waals surface area contributed by atoms with Gasteiger partial charge in [-0.3, -0.25) is 0 Å². The number of anilines is 1. The van der Waals surface area contributed by atoms with Crippen molar-refractivity contribution in [2.45, 2.75) is 38.5 Å². The maximum Gasteiger partial charge on any atom is 0.269 e. The van der Waals surface area contributed by atoms with Crippen molar-refractivity contribution < 1.29 is 13.0 Å². The normalized spacial score (nSPS) is 12.3. The molecular formula is C26H26Cl2N3O2S+. The topological polar surface area (TPSA) is 57.1 Å². The van der Waals surface area contributed by atoms with E-state index in [1.165, 1.54) is 4.31 Å². The first-order valence-electron chi connectivity index (χ1n) is 11.0. The van der Waals surface area contributed by atoms with Gasteiger partial charge in [0.25, 0.3) is 10.0 Å². The van der Waals surface area contributed by atoms with Gasteiger partial charge in [0.2, 0.25) is 6.33 Å². The first-order valence-corrected chi connectivity index (χ1v) is 13.2. The number of aromatic amines is 1. The van der Waals surface area contributed by atoms with E-state index < -0.39 is 10.0 Å². The van der Waals surface area contributed by atoms with E-state index in [-0.39, 0.29) is 14.9 Å². The lowest BCUT2D eigenvalue weighted by atomic mass is 10.1. The fourth-order valence-electron chi connectivity index (χ4n) is 3.97. The molecule has 1 aromatic heterocycles. The van der Waals surface area contributed by atoms with Crippen LogP contribution in [0.5, 0.6) is 0 Å². The van der Waals surface area contributed by atoms with Crippen molar-refractivity contribution >= 4 is 55.6 Å². The van der Waals surface area contributed by atoms with Gasteiger partial charge in [-0.25, -0.2) is 17.7 Å². The number of hydrogen-bond acceptors (Lipinski definition) is 2. The van der Waals surface area contributed by atoms with Gasteiger partial charge in [-0.2, -0.15) is 4.57 Å². The molecule has 0 amide bonds. The van der Waals surface area contributed by atoms with Gasteiger partial charge in [0.15, 0.2) is 11.0 Å². The number of nitrogens with zero attached hydrogens (tertiary/aromatic N) is 2. The number of benzene rings is 3. The molecule has 1 heterocycles. The highest BCUT2D eigenvalue weighted by Crippen LogP contribution is 2.37. The average molecular weight is 515 g/mol. The van der Waals surface area contributed by atoms with E-state index in [1.54, 1.807) is 36.5 Å². The lowest BCUT2D eigenvalue weighted by Gasteiger charge is -2.23. The molecule has 4 aromatic rings. The van der Waals surface area contributed by atoms with E-state index in [2.05, 4.69) is 4.98 Å². The van der Waals surface area contributed by atoms with Crippen LogP contribution in [0.25, 0.3) is 16.7 Å². The van der Waals surface area contributed by atoms with Crippen LogP contribution in [0, 0.1) is 6.92 Å². The molecule has 1 N–H and O–H groups in total. The lowest BCUT2D eigenvalue weighted by Crippen LogP contribution is -2.34. The molecule has 176 valence electrons. The van der Waals surface area contributed by atoms with Crippen LogP contribution >= 0.6 is 23.2 Å². The molecular weight excluding hydrogens is 489 g/mol. The zero-order valence-corrected chi connectivity index (χ0v) is 21.5. The first-order chi connectivity index (χ1) is 16.3. The molecule has 3 aromatic carbocycles. The summed E-state index contributed by atoms with van der Waals surface area (Å²) in [5, 5.41) is 0.293. The molecule has 0 saturated heterocycles. The van der Waals surface area contributed by atoms with Gasteiger partial charge in [0.1, 0.15) is 10.6 Å². The first kappa shape index (κ1) is 24.3. The van der Waals surface area contributed by atoms with E-state index in [9.17, 15) is 8.42 Å². The van der Waals surface area contributed by atoms with E-state index in [0.29, 0.717) is 18.5 Å². The minimum Gasteiger partial charge on any atom is -0.243 e. The molecule has 8 heteroatoms. The highest BCUT2D eigenvalue weighted by molar-refractivity contribution is 7.93. The maximum atomic E-state index is 14.1. The van der Waals surface area contributed by atoms with Crippen molar-refractivity contribution in [2.75, 3.05) is 4.31 Å². The largest absolute Gasteiger partial charge is 0.269 e. The molecule has 4 rings (SSSR count). The second-order valence-electron chi connectivity index (χ2n) is 7.91. The highest BCUT2D eigenvalue weighted by atomic mass is 35.5. The van der Waals surface area contributed by atoms with Crippen molar-refractivity contribution in [2.24, 2.45) is 0 Å². The van der Waals surface area contributed by atoms with Gasteiger partial charge in [-0.05, 0) is 54.8 Å². The highest BCUT2D eigenvalue weighted by Gasteiger charge is 2.30.